The number of hydrogen-bond acceptors (Lipinski definition) is 6. The molecule has 0 aromatic heterocycles. The van der Waals surface area contributed by atoms with Gasteiger partial charge in [-0.3, -0.25) is 14.5 Å². The van der Waals surface area contributed by atoms with E-state index in [9.17, 15) is 26.4 Å². The summed E-state index contributed by atoms with van der Waals surface area (Å²) in [5.74, 6) is -2.46. The first kappa shape index (κ1) is 26.7. The van der Waals surface area contributed by atoms with E-state index in [1.54, 1.807) is 35.2 Å². The summed E-state index contributed by atoms with van der Waals surface area (Å²) in [6, 6.07) is 11.8. The molecule has 1 unspecified atom stereocenters. The molecule has 1 fully saturated rings. The first-order valence-electron chi connectivity index (χ1n) is 11.3. The van der Waals surface area contributed by atoms with Gasteiger partial charge in [0, 0.05) is 51.2 Å². The number of piperazine rings is 1. The van der Waals surface area contributed by atoms with Crippen molar-refractivity contribution in [2.45, 2.75) is 32.3 Å². The minimum absolute atomic E-state index is 0.00268. The van der Waals surface area contributed by atoms with Crippen molar-refractivity contribution in [3.8, 4) is 0 Å². The summed E-state index contributed by atoms with van der Waals surface area (Å²) in [5.41, 5.74) is 0.811. The molecule has 2 heterocycles. The summed E-state index contributed by atoms with van der Waals surface area (Å²) in [6.45, 7) is 2.92. The molecule has 0 aliphatic carbocycles. The van der Waals surface area contributed by atoms with Crippen LogP contribution in [0.5, 0.6) is 0 Å². The summed E-state index contributed by atoms with van der Waals surface area (Å²) >= 11 is 0. The van der Waals surface area contributed by atoms with E-state index in [0.29, 0.717) is 5.69 Å². The van der Waals surface area contributed by atoms with Crippen molar-refractivity contribution in [2.24, 2.45) is 5.10 Å². The average Bonchev–Trinajstić information content (AvgIpc) is 3.27. The molecule has 1 N–H and O–H groups in total. The van der Waals surface area contributed by atoms with Crippen molar-refractivity contribution >= 4 is 27.7 Å². The third kappa shape index (κ3) is 5.49. The average molecular weight is 544 g/mol. The van der Waals surface area contributed by atoms with E-state index in [0.717, 1.165) is 10.4 Å². The van der Waals surface area contributed by atoms with Crippen molar-refractivity contribution in [2.75, 3.05) is 30.5 Å². The van der Waals surface area contributed by atoms with Gasteiger partial charge in [-0.2, -0.15) is 25.9 Å². The zero-order valence-electron chi connectivity index (χ0n) is 20.0. The number of rotatable bonds is 6. The molecule has 9 nitrogen and oxygen atoms in total. The molecule has 1 atom stereocenters. The van der Waals surface area contributed by atoms with Gasteiger partial charge in [-0.1, -0.05) is 30.3 Å². The molecule has 37 heavy (non-hydrogen) atoms. The maximum absolute atomic E-state index is 15.2. The summed E-state index contributed by atoms with van der Waals surface area (Å²) in [4.78, 5) is 13.2. The Labute approximate surface area is 211 Å². The van der Waals surface area contributed by atoms with Crippen molar-refractivity contribution < 1.29 is 35.5 Å². The summed E-state index contributed by atoms with van der Waals surface area (Å²) in [5, 5.41) is 3.16. The van der Waals surface area contributed by atoms with Crippen LogP contribution in [0, 0.1) is 5.82 Å². The highest BCUT2D eigenvalue weighted by molar-refractivity contribution is 7.90. The van der Waals surface area contributed by atoms with Crippen LogP contribution < -0.4 is 9.73 Å². The molecule has 0 spiro atoms. The molecule has 200 valence electrons. The van der Waals surface area contributed by atoms with Gasteiger partial charge in [0.15, 0.2) is 0 Å². The largest absolute Gasteiger partial charge is 0.470 e. The normalized spacial score (nSPS) is 20.7. The van der Waals surface area contributed by atoms with Crippen LogP contribution in [-0.4, -0.2) is 61.8 Å². The molecule has 0 saturated carbocycles. The van der Waals surface area contributed by atoms with E-state index in [1.807, 2.05) is 0 Å². The number of halogens is 4. The van der Waals surface area contributed by atoms with Crippen LogP contribution in [0.1, 0.15) is 25.0 Å². The minimum Gasteiger partial charge on any atom is -0.441 e. The third-order valence-electron chi connectivity index (χ3n) is 6.16. The Kier molecular flexibility index (Phi) is 7.08. The predicted octanol–water partition coefficient (Wildman–Crippen LogP) is 2.91. The van der Waals surface area contributed by atoms with Crippen LogP contribution in [-0.2, 0) is 32.0 Å². The highest BCUT2D eigenvalue weighted by Gasteiger charge is 2.48. The second kappa shape index (κ2) is 9.82. The Bertz CT molecular complexity index is 1300. The topological polar surface area (TPSA) is 94.6 Å². The summed E-state index contributed by atoms with van der Waals surface area (Å²) in [6.07, 6.45) is -4.82. The number of alkyl halides is 3. The molecule has 0 radical (unpaired) electrons. The fraction of sp³-hybridized carbons (Fsp3) is 0.391. The van der Waals surface area contributed by atoms with Crippen LogP contribution in [0.2, 0.25) is 0 Å². The van der Waals surface area contributed by atoms with E-state index in [-0.39, 0.29) is 49.8 Å². The lowest BCUT2D eigenvalue weighted by molar-refractivity contribution is -0.129. The zero-order valence-corrected chi connectivity index (χ0v) is 20.8. The van der Waals surface area contributed by atoms with Gasteiger partial charge >= 0.3 is 22.3 Å². The Morgan fingerprint density at radius 3 is 2.32 bits per heavy atom. The van der Waals surface area contributed by atoms with E-state index < -0.39 is 33.8 Å². The number of carbonyl (C=O) groups excluding carboxylic acids is 1. The molecule has 1 saturated heterocycles. The molecule has 14 heteroatoms. The van der Waals surface area contributed by atoms with Crippen molar-refractivity contribution in [1.82, 2.24) is 14.6 Å². The maximum atomic E-state index is 15.2. The van der Waals surface area contributed by atoms with E-state index >= 15 is 4.39 Å². The molecule has 2 aliphatic heterocycles. The number of benzene rings is 2. The number of nitrogens with one attached hydrogen (secondary N) is 1. The highest BCUT2D eigenvalue weighted by Crippen LogP contribution is 2.33. The molecule has 2 aromatic rings. The fourth-order valence-corrected chi connectivity index (χ4v) is 5.64. The lowest BCUT2D eigenvalue weighted by atomic mass is 10.0. The predicted molar refractivity (Wildman–Crippen MR) is 127 cm³/mol. The molecule has 2 aromatic carbocycles. The van der Waals surface area contributed by atoms with Gasteiger partial charge in [-0.15, -0.1) is 5.10 Å². The summed E-state index contributed by atoms with van der Waals surface area (Å²) < 4.78 is 88.5. The SMILES string of the molecule is CC(=O)N1CCN(S(=O)(=O)N(Cc2ccc(C3(C)NN=C(C(F)(F)F)O3)cc2F)c2ccccc2)CC1. The number of nitrogens with zero attached hydrogens (tertiary/aromatic N) is 4. The lowest BCUT2D eigenvalue weighted by Crippen LogP contribution is -2.53. The first-order chi connectivity index (χ1) is 17.3. The van der Waals surface area contributed by atoms with Gasteiger partial charge in [-0.25, -0.2) is 4.39 Å². The van der Waals surface area contributed by atoms with Crippen LogP contribution in [0.3, 0.4) is 0 Å². The standard InChI is InChI=1S/C23H25F4N5O4S/c1-16(33)30-10-12-31(13-11-30)37(34,35)32(19-6-4-3-5-7-19)15-17-8-9-18(14-20(17)24)22(2)29-28-21(36-22)23(25,26)27/h3-9,14,29H,10-13,15H2,1-2H3. The highest BCUT2D eigenvalue weighted by atomic mass is 32.2. The second-order valence-corrected chi connectivity index (χ2v) is 10.6. The van der Waals surface area contributed by atoms with Gasteiger partial charge in [0.1, 0.15) is 5.82 Å². The van der Waals surface area contributed by atoms with E-state index in [1.165, 1.54) is 30.3 Å². The van der Waals surface area contributed by atoms with E-state index in [2.05, 4.69) is 10.5 Å². The maximum Gasteiger partial charge on any atom is 0.470 e. The van der Waals surface area contributed by atoms with Gasteiger partial charge in [0.25, 0.3) is 0 Å². The van der Waals surface area contributed by atoms with Crippen LogP contribution in [0.4, 0.5) is 23.2 Å². The lowest BCUT2D eigenvalue weighted by Gasteiger charge is -2.37. The molecule has 2 aliphatic rings. The molecular formula is C23H25F4N5O4S. The molecule has 0 bridgehead atoms. The second-order valence-electron chi connectivity index (χ2n) is 8.72. The van der Waals surface area contributed by atoms with Crippen molar-refractivity contribution in [1.29, 1.82) is 0 Å². The number of carbonyl (C=O) groups is 1. The Balaban J connectivity index is 1.59. The van der Waals surface area contributed by atoms with E-state index in [4.69, 9.17) is 4.74 Å². The van der Waals surface area contributed by atoms with Crippen LogP contribution in [0.25, 0.3) is 0 Å². The number of para-hydroxylation sites is 1. The Morgan fingerprint density at radius 2 is 1.78 bits per heavy atom. The number of amides is 1. The first-order valence-corrected chi connectivity index (χ1v) is 12.7. The van der Waals surface area contributed by atoms with Crippen molar-refractivity contribution in [3.05, 3.63) is 65.5 Å². The smallest absolute Gasteiger partial charge is 0.441 e. The van der Waals surface area contributed by atoms with Crippen LogP contribution >= 0.6 is 0 Å². The Hall–Kier alpha value is -3.39. The minimum atomic E-state index is -4.82. The molecular weight excluding hydrogens is 518 g/mol. The number of anilines is 1. The monoisotopic (exact) mass is 543 g/mol. The quantitative estimate of drug-likeness (QED) is 0.566. The number of hydrogen-bond donors (Lipinski definition) is 1. The fourth-order valence-electron chi connectivity index (χ4n) is 4.04. The van der Waals surface area contributed by atoms with Gasteiger partial charge in [0.05, 0.1) is 12.2 Å². The Morgan fingerprint density at radius 1 is 1.14 bits per heavy atom. The summed E-state index contributed by atoms with van der Waals surface area (Å²) in [7, 11) is -4.12. The van der Waals surface area contributed by atoms with Gasteiger partial charge in [-0.05, 0) is 18.2 Å². The van der Waals surface area contributed by atoms with Crippen LogP contribution in [0.15, 0.2) is 53.6 Å². The van der Waals surface area contributed by atoms with Gasteiger partial charge in [0.2, 0.25) is 11.6 Å². The van der Waals surface area contributed by atoms with Gasteiger partial charge < -0.3 is 9.64 Å². The number of hydrazone groups is 1. The van der Waals surface area contributed by atoms with Crippen molar-refractivity contribution in [3.63, 3.8) is 0 Å². The molecule has 4 rings (SSSR count). The number of ether oxygens (including phenoxy) is 1. The molecule has 1 amide bonds. The third-order valence-corrected chi connectivity index (χ3v) is 8.08. The zero-order chi connectivity index (χ0) is 27.0.